The number of ether oxygens (including phenoxy) is 1. The zero-order chi connectivity index (χ0) is 19.2. The molecule has 0 N–H and O–H groups in total. The Morgan fingerprint density at radius 1 is 0.821 bits per heavy atom. The molecule has 3 aromatic rings. The van der Waals surface area contributed by atoms with Gasteiger partial charge in [0.05, 0.1) is 0 Å². The van der Waals surface area contributed by atoms with E-state index in [0.717, 1.165) is 18.7 Å². The van der Waals surface area contributed by atoms with Gasteiger partial charge in [0, 0.05) is 31.7 Å². The summed E-state index contributed by atoms with van der Waals surface area (Å²) in [6, 6.07) is 23.4. The Morgan fingerprint density at radius 2 is 1.57 bits per heavy atom. The summed E-state index contributed by atoms with van der Waals surface area (Å²) < 4.78 is 6.27. The SMILES string of the molecule is CN1CCN(CCCc2c(OCc3ccccc3)ccc3ccccc23)CC1. The molecule has 1 aliphatic rings. The summed E-state index contributed by atoms with van der Waals surface area (Å²) in [6.45, 7) is 6.51. The van der Waals surface area contributed by atoms with Crippen LogP contribution in [0.15, 0.2) is 66.7 Å². The third kappa shape index (κ3) is 4.73. The maximum atomic E-state index is 6.27. The maximum absolute atomic E-state index is 6.27. The number of nitrogens with zero attached hydrogens (tertiary/aromatic N) is 2. The molecule has 3 aromatic carbocycles. The number of aryl methyl sites for hydroxylation is 1. The highest BCUT2D eigenvalue weighted by atomic mass is 16.5. The summed E-state index contributed by atoms with van der Waals surface area (Å²) in [7, 11) is 2.21. The van der Waals surface area contributed by atoms with Gasteiger partial charge in [-0.05, 0) is 48.8 Å². The van der Waals surface area contributed by atoms with E-state index in [1.165, 1.54) is 54.5 Å². The van der Waals surface area contributed by atoms with Crippen LogP contribution in [0.3, 0.4) is 0 Å². The Kier molecular flexibility index (Phi) is 6.25. The van der Waals surface area contributed by atoms with Crippen LogP contribution in [-0.2, 0) is 13.0 Å². The number of fused-ring (bicyclic) bond motifs is 1. The van der Waals surface area contributed by atoms with Crippen molar-refractivity contribution in [3.8, 4) is 5.75 Å². The van der Waals surface area contributed by atoms with Gasteiger partial charge in [-0.15, -0.1) is 0 Å². The van der Waals surface area contributed by atoms with E-state index in [-0.39, 0.29) is 0 Å². The van der Waals surface area contributed by atoms with Crippen LogP contribution >= 0.6 is 0 Å². The first-order chi connectivity index (χ1) is 13.8. The predicted molar refractivity (Wildman–Crippen MR) is 117 cm³/mol. The summed E-state index contributed by atoms with van der Waals surface area (Å²) in [5.41, 5.74) is 2.56. The van der Waals surface area contributed by atoms with Gasteiger partial charge in [0.1, 0.15) is 12.4 Å². The molecule has 0 radical (unpaired) electrons. The molecular weight excluding hydrogens is 344 g/mol. The zero-order valence-corrected chi connectivity index (χ0v) is 16.8. The molecule has 0 spiro atoms. The van der Waals surface area contributed by atoms with Gasteiger partial charge in [-0.1, -0.05) is 60.7 Å². The summed E-state index contributed by atoms with van der Waals surface area (Å²) in [4.78, 5) is 5.01. The molecule has 0 unspecified atom stereocenters. The van der Waals surface area contributed by atoms with E-state index in [2.05, 4.69) is 77.5 Å². The largest absolute Gasteiger partial charge is 0.489 e. The number of piperazine rings is 1. The second-order valence-corrected chi connectivity index (χ2v) is 7.79. The average molecular weight is 375 g/mol. The smallest absolute Gasteiger partial charge is 0.123 e. The Morgan fingerprint density at radius 3 is 2.39 bits per heavy atom. The number of hydrogen-bond donors (Lipinski definition) is 0. The average Bonchev–Trinajstić information content (AvgIpc) is 2.75. The Hall–Kier alpha value is -2.36. The van der Waals surface area contributed by atoms with Crippen LogP contribution in [0, 0.1) is 0 Å². The lowest BCUT2D eigenvalue weighted by Gasteiger charge is -2.32. The summed E-state index contributed by atoms with van der Waals surface area (Å²) >= 11 is 0. The lowest BCUT2D eigenvalue weighted by molar-refractivity contribution is 0.153. The van der Waals surface area contributed by atoms with E-state index in [4.69, 9.17) is 4.74 Å². The number of hydrogen-bond acceptors (Lipinski definition) is 3. The lowest BCUT2D eigenvalue weighted by Crippen LogP contribution is -2.44. The normalized spacial score (nSPS) is 15.8. The Bertz CT molecular complexity index is 885. The first-order valence-corrected chi connectivity index (χ1v) is 10.4. The number of benzene rings is 3. The highest BCUT2D eigenvalue weighted by Gasteiger charge is 2.14. The first-order valence-electron chi connectivity index (χ1n) is 10.4. The molecule has 1 fully saturated rings. The number of likely N-dealkylation sites (N-methyl/N-ethyl adjacent to an activating group) is 1. The van der Waals surface area contributed by atoms with E-state index < -0.39 is 0 Å². The molecule has 0 bridgehead atoms. The minimum absolute atomic E-state index is 0.616. The van der Waals surface area contributed by atoms with Gasteiger partial charge in [-0.25, -0.2) is 0 Å². The fourth-order valence-corrected chi connectivity index (χ4v) is 4.00. The molecule has 4 rings (SSSR count). The third-order valence-corrected chi connectivity index (χ3v) is 5.73. The van der Waals surface area contributed by atoms with E-state index in [1.807, 2.05) is 6.07 Å². The van der Waals surface area contributed by atoms with E-state index >= 15 is 0 Å². The van der Waals surface area contributed by atoms with Crippen LogP contribution in [0.5, 0.6) is 5.75 Å². The topological polar surface area (TPSA) is 15.7 Å². The zero-order valence-electron chi connectivity index (χ0n) is 16.8. The van der Waals surface area contributed by atoms with Crippen molar-refractivity contribution in [2.75, 3.05) is 39.8 Å². The molecule has 1 heterocycles. The van der Waals surface area contributed by atoms with Crippen molar-refractivity contribution in [1.82, 2.24) is 9.80 Å². The molecular formula is C25H30N2O. The molecule has 3 nitrogen and oxygen atoms in total. The highest BCUT2D eigenvalue weighted by molar-refractivity contribution is 5.87. The van der Waals surface area contributed by atoms with Crippen LogP contribution < -0.4 is 4.74 Å². The van der Waals surface area contributed by atoms with Crippen molar-refractivity contribution in [3.63, 3.8) is 0 Å². The standard InChI is InChI=1S/C25H30N2O/c1-26-16-18-27(19-17-26)15-7-12-24-23-11-6-5-10-22(23)13-14-25(24)28-20-21-8-3-2-4-9-21/h2-6,8-11,13-14H,7,12,15-20H2,1H3. The minimum atomic E-state index is 0.616. The first kappa shape index (κ1) is 19.0. The minimum Gasteiger partial charge on any atom is -0.489 e. The molecule has 0 aromatic heterocycles. The van der Waals surface area contributed by atoms with Gasteiger partial charge >= 0.3 is 0 Å². The van der Waals surface area contributed by atoms with Gasteiger partial charge in [-0.3, -0.25) is 0 Å². The molecule has 1 saturated heterocycles. The molecule has 146 valence electrons. The van der Waals surface area contributed by atoms with Crippen molar-refractivity contribution in [2.24, 2.45) is 0 Å². The maximum Gasteiger partial charge on any atom is 0.123 e. The van der Waals surface area contributed by atoms with Gasteiger partial charge in [0.15, 0.2) is 0 Å². The number of rotatable bonds is 7. The Labute approximate surface area is 168 Å². The van der Waals surface area contributed by atoms with Gasteiger partial charge in [0.2, 0.25) is 0 Å². The molecule has 0 amide bonds. The van der Waals surface area contributed by atoms with E-state index in [9.17, 15) is 0 Å². The second-order valence-electron chi connectivity index (χ2n) is 7.79. The van der Waals surface area contributed by atoms with E-state index in [0.29, 0.717) is 6.61 Å². The second kappa shape index (κ2) is 9.22. The highest BCUT2D eigenvalue weighted by Crippen LogP contribution is 2.30. The van der Waals surface area contributed by atoms with Crippen molar-refractivity contribution in [3.05, 3.63) is 77.9 Å². The van der Waals surface area contributed by atoms with Crippen LogP contribution in [0.2, 0.25) is 0 Å². The Balaban J connectivity index is 1.47. The molecule has 3 heteroatoms. The lowest BCUT2D eigenvalue weighted by atomic mass is 9.99. The van der Waals surface area contributed by atoms with Gasteiger partial charge in [0.25, 0.3) is 0 Å². The molecule has 0 atom stereocenters. The molecule has 0 aliphatic carbocycles. The van der Waals surface area contributed by atoms with Crippen molar-refractivity contribution in [1.29, 1.82) is 0 Å². The molecule has 28 heavy (non-hydrogen) atoms. The summed E-state index contributed by atoms with van der Waals surface area (Å²) in [5.74, 6) is 1.03. The van der Waals surface area contributed by atoms with Crippen molar-refractivity contribution >= 4 is 10.8 Å². The predicted octanol–water partition coefficient (Wildman–Crippen LogP) is 4.60. The van der Waals surface area contributed by atoms with Crippen LogP contribution in [0.25, 0.3) is 10.8 Å². The van der Waals surface area contributed by atoms with E-state index in [1.54, 1.807) is 0 Å². The summed E-state index contributed by atoms with van der Waals surface area (Å²) in [5, 5.41) is 2.62. The van der Waals surface area contributed by atoms with Gasteiger partial charge in [-0.2, -0.15) is 0 Å². The monoisotopic (exact) mass is 374 g/mol. The summed E-state index contributed by atoms with van der Waals surface area (Å²) in [6.07, 6.45) is 2.22. The van der Waals surface area contributed by atoms with Crippen LogP contribution in [-0.4, -0.2) is 49.6 Å². The molecule has 1 aliphatic heterocycles. The van der Waals surface area contributed by atoms with Crippen LogP contribution in [0.1, 0.15) is 17.5 Å². The fourth-order valence-electron chi connectivity index (χ4n) is 4.00. The van der Waals surface area contributed by atoms with Crippen molar-refractivity contribution in [2.45, 2.75) is 19.4 Å². The van der Waals surface area contributed by atoms with Crippen molar-refractivity contribution < 1.29 is 4.74 Å². The fraction of sp³-hybridized carbons (Fsp3) is 0.360. The van der Waals surface area contributed by atoms with Crippen LogP contribution in [0.4, 0.5) is 0 Å². The molecule has 0 saturated carbocycles. The van der Waals surface area contributed by atoms with Gasteiger partial charge < -0.3 is 14.5 Å². The third-order valence-electron chi connectivity index (χ3n) is 5.73. The quantitative estimate of drug-likeness (QED) is 0.601.